The van der Waals surface area contributed by atoms with E-state index in [-0.39, 0.29) is 11.8 Å². The second-order valence-corrected chi connectivity index (χ2v) is 6.61. The van der Waals surface area contributed by atoms with E-state index in [4.69, 9.17) is 5.11 Å². The first-order chi connectivity index (χ1) is 11.1. The highest BCUT2D eigenvalue weighted by Gasteiger charge is 2.25. The second kappa shape index (κ2) is 7.02. The Labute approximate surface area is 136 Å². The fourth-order valence-corrected chi connectivity index (χ4v) is 3.53. The molecule has 1 saturated heterocycles. The van der Waals surface area contributed by atoms with Gasteiger partial charge in [-0.25, -0.2) is 0 Å². The summed E-state index contributed by atoms with van der Waals surface area (Å²) in [6, 6.07) is 7.99. The average Bonchev–Trinajstić information content (AvgIpc) is 3.10. The Hall–Kier alpha value is -2.04. The Morgan fingerprint density at radius 1 is 1.00 bits per heavy atom. The minimum Gasteiger partial charge on any atom is -0.481 e. The first-order valence-corrected chi connectivity index (χ1v) is 8.52. The summed E-state index contributed by atoms with van der Waals surface area (Å²) >= 11 is 0. The van der Waals surface area contributed by atoms with E-state index in [1.165, 1.54) is 0 Å². The average molecular weight is 316 g/mol. The lowest BCUT2D eigenvalue weighted by molar-refractivity contribution is -0.142. The molecule has 124 valence electrons. The molecule has 0 spiro atoms. The second-order valence-electron chi connectivity index (χ2n) is 6.61. The molecule has 1 aliphatic heterocycles. The van der Waals surface area contributed by atoms with Crippen LogP contribution in [0.15, 0.2) is 24.3 Å². The number of carboxylic acid groups (broad SMARTS) is 1. The predicted octanol–water partition coefficient (Wildman–Crippen LogP) is 2.98. The molecule has 1 aromatic carbocycles. The van der Waals surface area contributed by atoms with Gasteiger partial charge in [-0.3, -0.25) is 9.59 Å². The van der Waals surface area contributed by atoms with Crippen LogP contribution < -0.4 is 5.32 Å². The third-order valence-corrected chi connectivity index (χ3v) is 4.97. The van der Waals surface area contributed by atoms with E-state index in [1.54, 1.807) is 0 Å². The maximum atomic E-state index is 12.3. The molecule has 2 aliphatic rings. The highest BCUT2D eigenvalue weighted by Crippen LogP contribution is 2.27. The van der Waals surface area contributed by atoms with Crippen LogP contribution in [-0.4, -0.2) is 41.0 Å². The van der Waals surface area contributed by atoms with Crippen molar-refractivity contribution in [2.45, 2.75) is 44.6 Å². The van der Waals surface area contributed by atoms with Crippen molar-refractivity contribution >= 4 is 17.6 Å². The van der Waals surface area contributed by atoms with Gasteiger partial charge in [0.2, 0.25) is 0 Å². The van der Waals surface area contributed by atoms with E-state index < -0.39 is 5.97 Å². The van der Waals surface area contributed by atoms with Crippen molar-refractivity contribution in [2.24, 2.45) is 5.92 Å². The number of nitrogens with zero attached hydrogens (tertiary/aromatic N) is 1. The normalized spacial score (nSPS) is 24.4. The Morgan fingerprint density at radius 3 is 2.17 bits per heavy atom. The third kappa shape index (κ3) is 3.84. The molecule has 1 aliphatic carbocycles. The van der Waals surface area contributed by atoms with Gasteiger partial charge in [0.25, 0.3) is 5.91 Å². The van der Waals surface area contributed by atoms with Crippen molar-refractivity contribution in [2.75, 3.05) is 18.4 Å². The lowest BCUT2D eigenvalue weighted by Gasteiger charge is -2.27. The summed E-state index contributed by atoms with van der Waals surface area (Å²) in [4.78, 5) is 25.2. The van der Waals surface area contributed by atoms with Gasteiger partial charge in [0.1, 0.15) is 0 Å². The monoisotopic (exact) mass is 316 g/mol. The van der Waals surface area contributed by atoms with E-state index >= 15 is 0 Å². The number of carbonyl (C=O) groups is 2. The number of anilines is 1. The van der Waals surface area contributed by atoms with Crippen molar-refractivity contribution in [3.05, 3.63) is 29.8 Å². The van der Waals surface area contributed by atoms with Gasteiger partial charge >= 0.3 is 5.97 Å². The first kappa shape index (κ1) is 15.8. The molecule has 2 N–H and O–H groups in total. The molecule has 3 rings (SSSR count). The molecule has 0 atom stereocenters. The Morgan fingerprint density at radius 2 is 1.61 bits per heavy atom. The number of likely N-dealkylation sites (tertiary alicyclic amines) is 1. The van der Waals surface area contributed by atoms with Gasteiger partial charge in [-0.05, 0) is 62.8 Å². The van der Waals surface area contributed by atoms with Gasteiger partial charge < -0.3 is 15.3 Å². The number of benzene rings is 1. The smallest absolute Gasteiger partial charge is 0.306 e. The topological polar surface area (TPSA) is 69.6 Å². The number of aliphatic carboxylic acids is 1. The quantitative estimate of drug-likeness (QED) is 0.896. The predicted molar refractivity (Wildman–Crippen MR) is 88.6 cm³/mol. The summed E-state index contributed by atoms with van der Waals surface area (Å²) in [5, 5.41) is 12.5. The van der Waals surface area contributed by atoms with Crippen LogP contribution >= 0.6 is 0 Å². The summed E-state index contributed by atoms with van der Waals surface area (Å²) in [5.41, 5.74) is 1.74. The zero-order chi connectivity index (χ0) is 16.2. The number of nitrogens with one attached hydrogen (secondary N) is 1. The van der Waals surface area contributed by atoms with Crippen molar-refractivity contribution in [1.82, 2.24) is 4.90 Å². The van der Waals surface area contributed by atoms with Gasteiger partial charge in [-0.1, -0.05) is 0 Å². The highest BCUT2D eigenvalue weighted by atomic mass is 16.4. The maximum Gasteiger partial charge on any atom is 0.306 e. The Kier molecular flexibility index (Phi) is 4.84. The SMILES string of the molecule is O=C(O)C1CCC(Nc2ccc(C(=O)N3CCCC3)cc2)CC1. The fraction of sp³-hybridized carbons (Fsp3) is 0.556. The standard InChI is InChI=1S/C18H24N2O3/c21-17(20-11-1-2-12-20)13-3-7-15(8-4-13)19-16-9-5-14(6-10-16)18(22)23/h3-4,7-8,14,16,19H,1-2,5-6,9-12H2,(H,22,23). The van der Waals surface area contributed by atoms with Crippen LogP contribution in [-0.2, 0) is 4.79 Å². The van der Waals surface area contributed by atoms with Crippen molar-refractivity contribution in [1.29, 1.82) is 0 Å². The molecule has 5 nitrogen and oxygen atoms in total. The van der Waals surface area contributed by atoms with E-state index in [9.17, 15) is 9.59 Å². The fourth-order valence-electron chi connectivity index (χ4n) is 3.53. The molecule has 1 aromatic rings. The molecular weight excluding hydrogens is 292 g/mol. The van der Waals surface area contributed by atoms with E-state index in [0.29, 0.717) is 6.04 Å². The molecule has 1 heterocycles. The van der Waals surface area contributed by atoms with Crippen LogP contribution in [0.4, 0.5) is 5.69 Å². The Bertz CT molecular complexity index is 556. The summed E-state index contributed by atoms with van der Waals surface area (Å²) in [7, 11) is 0. The number of amides is 1. The zero-order valence-corrected chi connectivity index (χ0v) is 13.3. The van der Waals surface area contributed by atoms with Gasteiger partial charge in [-0.2, -0.15) is 0 Å². The minimum absolute atomic E-state index is 0.121. The third-order valence-electron chi connectivity index (χ3n) is 4.97. The number of rotatable bonds is 4. The van der Waals surface area contributed by atoms with Gasteiger partial charge in [0, 0.05) is 30.4 Å². The number of hydrogen-bond donors (Lipinski definition) is 2. The number of carboxylic acids is 1. The van der Waals surface area contributed by atoms with Gasteiger partial charge in [0.05, 0.1) is 5.92 Å². The maximum absolute atomic E-state index is 12.3. The number of carbonyl (C=O) groups excluding carboxylic acids is 1. The zero-order valence-electron chi connectivity index (χ0n) is 13.3. The first-order valence-electron chi connectivity index (χ1n) is 8.52. The van der Waals surface area contributed by atoms with Crippen molar-refractivity contribution < 1.29 is 14.7 Å². The van der Waals surface area contributed by atoms with Crippen LogP contribution in [0.3, 0.4) is 0 Å². The van der Waals surface area contributed by atoms with E-state index in [0.717, 1.165) is 62.9 Å². The molecular formula is C18H24N2O3. The van der Waals surface area contributed by atoms with Gasteiger partial charge in [-0.15, -0.1) is 0 Å². The molecule has 1 saturated carbocycles. The molecule has 0 aromatic heterocycles. The summed E-state index contributed by atoms with van der Waals surface area (Å²) in [6.45, 7) is 1.73. The lowest BCUT2D eigenvalue weighted by atomic mass is 9.86. The van der Waals surface area contributed by atoms with Gasteiger partial charge in [0.15, 0.2) is 0 Å². The molecule has 23 heavy (non-hydrogen) atoms. The molecule has 0 unspecified atom stereocenters. The lowest BCUT2D eigenvalue weighted by Crippen LogP contribution is -2.29. The summed E-state index contributed by atoms with van der Waals surface area (Å²) in [5.74, 6) is -0.738. The Balaban J connectivity index is 1.53. The van der Waals surface area contributed by atoms with E-state index in [2.05, 4.69) is 5.32 Å². The number of hydrogen-bond acceptors (Lipinski definition) is 3. The summed E-state index contributed by atoms with van der Waals surface area (Å²) in [6.07, 6.45) is 5.43. The van der Waals surface area contributed by atoms with Crippen LogP contribution in [0.1, 0.15) is 48.9 Å². The van der Waals surface area contributed by atoms with Crippen LogP contribution in [0.5, 0.6) is 0 Å². The molecule has 1 amide bonds. The molecule has 2 fully saturated rings. The van der Waals surface area contributed by atoms with Crippen molar-refractivity contribution in [3.63, 3.8) is 0 Å². The molecule has 0 radical (unpaired) electrons. The van der Waals surface area contributed by atoms with Crippen LogP contribution in [0.2, 0.25) is 0 Å². The van der Waals surface area contributed by atoms with E-state index in [1.807, 2.05) is 29.2 Å². The largest absolute Gasteiger partial charge is 0.481 e. The van der Waals surface area contributed by atoms with Crippen LogP contribution in [0.25, 0.3) is 0 Å². The molecule has 5 heteroatoms. The summed E-state index contributed by atoms with van der Waals surface area (Å²) < 4.78 is 0. The van der Waals surface area contributed by atoms with Crippen LogP contribution in [0, 0.1) is 5.92 Å². The molecule has 0 bridgehead atoms. The highest BCUT2D eigenvalue weighted by molar-refractivity contribution is 5.94. The minimum atomic E-state index is -0.673. The van der Waals surface area contributed by atoms with Crippen molar-refractivity contribution in [3.8, 4) is 0 Å².